The van der Waals surface area contributed by atoms with E-state index in [1.54, 1.807) is 19.1 Å². The zero-order valence-electron chi connectivity index (χ0n) is 13.1. The van der Waals surface area contributed by atoms with E-state index in [1.807, 2.05) is 0 Å². The standard InChI is InChI=1S/C17H10BrF6NO/c1-8-4-9(2-3-11(8)18)14-7-16(26-25-14,17(22,23)24)10-5-12(19)15(21)13(20)6-10/h2-6H,7H2,1H3. The Bertz CT molecular complexity index is 888. The zero-order chi connectivity index (χ0) is 19.3. The SMILES string of the molecule is Cc1cc(C2=NOC(c3cc(F)c(F)c(F)c3)(C(F)(F)F)C2)ccc1Br. The molecular weight excluding hydrogens is 428 g/mol. The summed E-state index contributed by atoms with van der Waals surface area (Å²) in [7, 11) is 0. The van der Waals surface area contributed by atoms with Gasteiger partial charge in [-0.3, -0.25) is 0 Å². The van der Waals surface area contributed by atoms with Crippen LogP contribution in [0.15, 0.2) is 40.0 Å². The molecule has 0 aromatic heterocycles. The van der Waals surface area contributed by atoms with Crippen molar-refractivity contribution in [1.82, 2.24) is 0 Å². The number of hydrogen-bond acceptors (Lipinski definition) is 2. The quantitative estimate of drug-likeness (QED) is 0.432. The fourth-order valence-electron chi connectivity index (χ4n) is 2.67. The van der Waals surface area contributed by atoms with Gasteiger partial charge in [0, 0.05) is 16.5 Å². The predicted molar refractivity (Wildman–Crippen MR) is 85.2 cm³/mol. The first kappa shape index (κ1) is 18.8. The second-order valence-electron chi connectivity index (χ2n) is 5.85. The highest BCUT2D eigenvalue weighted by atomic mass is 79.9. The molecule has 138 valence electrons. The molecule has 0 aliphatic carbocycles. The Morgan fingerprint density at radius 2 is 1.69 bits per heavy atom. The number of alkyl halides is 3. The summed E-state index contributed by atoms with van der Waals surface area (Å²) in [6.07, 6.45) is -5.85. The van der Waals surface area contributed by atoms with Gasteiger partial charge in [-0.25, -0.2) is 13.2 Å². The number of aryl methyl sites for hydroxylation is 1. The number of halogens is 7. The highest BCUT2D eigenvalue weighted by molar-refractivity contribution is 9.10. The van der Waals surface area contributed by atoms with Crippen molar-refractivity contribution in [3.05, 3.63) is 68.9 Å². The van der Waals surface area contributed by atoms with Crippen LogP contribution < -0.4 is 0 Å². The molecule has 1 unspecified atom stereocenters. The number of hydrogen-bond donors (Lipinski definition) is 0. The van der Waals surface area contributed by atoms with Gasteiger partial charge in [0.25, 0.3) is 5.60 Å². The van der Waals surface area contributed by atoms with E-state index >= 15 is 0 Å². The Morgan fingerprint density at radius 3 is 2.23 bits per heavy atom. The molecule has 0 saturated carbocycles. The van der Waals surface area contributed by atoms with E-state index in [0.29, 0.717) is 5.56 Å². The first-order valence-corrected chi connectivity index (χ1v) is 8.08. The van der Waals surface area contributed by atoms with Crippen LogP contribution in [-0.2, 0) is 10.4 Å². The lowest BCUT2D eigenvalue weighted by Gasteiger charge is -2.29. The molecule has 3 rings (SSSR count). The van der Waals surface area contributed by atoms with E-state index in [4.69, 9.17) is 0 Å². The molecule has 2 aromatic carbocycles. The maximum atomic E-state index is 13.8. The maximum Gasteiger partial charge on any atom is 0.435 e. The van der Waals surface area contributed by atoms with E-state index in [2.05, 4.69) is 25.9 Å². The average Bonchev–Trinajstić information content (AvgIpc) is 3.01. The number of benzene rings is 2. The van der Waals surface area contributed by atoms with Crippen LogP contribution in [0.3, 0.4) is 0 Å². The minimum absolute atomic E-state index is 0.0388. The molecule has 9 heteroatoms. The third kappa shape index (κ3) is 2.98. The highest BCUT2D eigenvalue weighted by Crippen LogP contribution is 2.49. The largest absolute Gasteiger partial charge is 0.435 e. The number of rotatable bonds is 2. The Hall–Kier alpha value is -2.03. The van der Waals surface area contributed by atoms with Crippen molar-refractivity contribution in [3.63, 3.8) is 0 Å². The fraction of sp³-hybridized carbons (Fsp3) is 0.235. The summed E-state index contributed by atoms with van der Waals surface area (Å²) in [5, 5.41) is 3.50. The van der Waals surface area contributed by atoms with Crippen LogP contribution in [0.5, 0.6) is 0 Å². The van der Waals surface area contributed by atoms with Crippen LogP contribution in [-0.4, -0.2) is 11.9 Å². The van der Waals surface area contributed by atoms with Gasteiger partial charge in [0.2, 0.25) is 0 Å². The van der Waals surface area contributed by atoms with Crippen LogP contribution in [0.4, 0.5) is 26.3 Å². The average molecular weight is 438 g/mol. The topological polar surface area (TPSA) is 21.6 Å². The minimum Gasteiger partial charge on any atom is -0.374 e. The molecule has 0 fully saturated rings. The van der Waals surface area contributed by atoms with Gasteiger partial charge in [-0.2, -0.15) is 13.2 Å². The molecule has 0 N–H and O–H groups in total. The van der Waals surface area contributed by atoms with E-state index in [0.717, 1.165) is 10.0 Å². The van der Waals surface area contributed by atoms with E-state index in [9.17, 15) is 26.3 Å². The molecule has 0 radical (unpaired) electrons. The molecular formula is C17H10BrF6NO. The van der Waals surface area contributed by atoms with Gasteiger partial charge < -0.3 is 4.84 Å². The highest BCUT2D eigenvalue weighted by Gasteiger charge is 2.62. The third-order valence-corrected chi connectivity index (χ3v) is 5.02. The Morgan fingerprint density at radius 1 is 1.08 bits per heavy atom. The van der Waals surface area contributed by atoms with Crippen LogP contribution in [0.25, 0.3) is 0 Å². The van der Waals surface area contributed by atoms with Crippen molar-refractivity contribution in [2.45, 2.75) is 25.1 Å². The van der Waals surface area contributed by atoms with Crippen LogP contribution in [0.1, 0.15) is 23.1 Å². The molecule has 26 heavy (non-hydrogen) atoms. The van der Waals surface area contributed by atoms with Gasteiger partial charge in [0.1, 0.15) is 0 Å². The molecule has 0 spiro atoms. The molecule has 1 heterocycles. The Kier molecular flexibility index (Phi) is 4.54. The van der Waals surface area contributed by atoms with Crippen LogP contribution in [0.2, 0.25) is 0 Å². The molecule has 0 amide bonds. The Labute approximate surface area is 152 Å². The van der Waals surface area contributed by atoms with Gasteiger partial charge in [0.15, 0.2) is 17.5 Å². The summed E-state index contributed by atoms with van der Waals surface area (Å²) < 4.78 is 82.1. The maximum absolute atomic E-state index is 13.8. The van der Waals surface area contributed by atoms with Gasteiger partial charge in [0.05, 0.1) is 5.71 Å². The van der Waals surface area contributed by atoms with Crippen molar-refractivity contribution in [2.75, 3.05) is 0 Å². The van der Waals surface area contributed by atoms with Gasteiger partial charge >= 0.3 is 6.18 Å². The lowest BCUT2D eigenvalue weighted by atomic mass is 9.86. The van der Waals surface area contributed by atoms with Crippen LogP contribution >= 0.6 is 15.9 Å². The lowest BCUT2D eigenvalue weighted by Crippen LogP contribution is -2.43. The van der Waals surface area contributed by atoms with Crippen molar-refractivity contribution in [1.29, 1.82) is 0 Å². The van der Waals surface area contributed by atoms with E-state index < -0.39 is 41.2 Å². The summed E-state index contributed by atoms with van der Waals surface area (Å²) in [6, 6.07) is 5.33. The first-order valence-electron chi connectivity index (χ1n) is 7.28. The smallest absolute Gasteiger partial charge is 0.374 e. The molecule has 2 nitrogen and oxygen atoms in total. The fourth-order valence-corrected chi connectivity index (χ4v) is 2.92. The second-order valence-corrected chi connectivity index (χ2v) is 6.70. The van der Waals surface area contributed by atoms with E-state index in [-0.39, 0.29) is 17.8 Å². The summed E-state index contributed by atoms with van der Waals surface area (Å²) in [4.78, 5) is 4.67. The number of oxime groups is 1. The van der Waals surface area contributed by atoms with Gasteiger partial charge in [-0.15, -0.1) is 0 Å². The first-order chi connectivity index (χ1) is 12.0. The van der Waals surface area contributed by atoms with Crippen molar-refractivity contribution in [3.8, 4) is 0 Å². The summed E-state index contributed by atoms with van der Waals surface area (Å²) in [5.41, 5.74) is -2.90. The third-order valence-electron chi connectivity index (χ3n) is 4.13. The molecule has 1 atom stereocenters. The van der Waals surface area contributed by atoms with Crippen molar-refractivity contribution >= 4 is 21.6 Å². The predicted octanol–water partition coefficient (Wildman–Crippen LogP) is 5.76. The van der Waals surface area contributed by atoms with E-state index in [1.165, 1.54) is 6.07 Å². The van der Waals surface area contributed by atoms with Crippen LogP contribution in [0, 0.1) is 24.4 Å². The summed E-state index contributed by atoms with van der Waals surface area (Å²) in [6.45, 7) is 1.74. The molecule has 1 aliphatic rings. The minimum atomic E-state index is -5.04. The lowest BCUT2D eigenvalue weighted by molar-refractivity contribution is -0.276. The van der Waals surface area contributed by atoms with Gasteiger partial charge in [-0.1, -0.05) is 27.2 Å². The molecule has 2 aromatic rings. The Balaban J connectivity index is 2.06. The summed E-state index contributed by atoms with van der Waals surface area (Å²) >= 11 is 3.28. The summed E-state index contributed by atoms with van der Waals surface area (Å²) in [5.74, 6) is -5.32. The normalized spacial score (nSPS) is 20.1. The monoisotopic (exact) mass is 437 g/mol. The molecule has 0 saturated heterocycles. The van der Waals surface area contributed by atoms with Gasteiger partial charge in [-0.05, 0) is 42.3 Å². The zero-order valence-corrected chi connectivity index (χ0v) is 14.7. The molecule has 0 bridgehead atoms. The molecule has 1 aliphatic heterocycles. The van der Waals surface area contributed by atoms with Crippen molar-refractivity contribution < 1.29 is 31.2 Å². The number of nitrogens with zero attached hydrogens (tertiary/aromatic N) is 1. The van der Waals surface area contributed by atoms with Crippen molar-refractivity contribution in [2.24, 2.45) is 5.16 Å². The second kappa shape index (κ2) is 6.29.